The van der Waals surface area contributed by atoms with E-state index >= 15 is 0 Å². The van der Waals surface area contributed by atoms with Gasteiger partial charge in [-0.1, -0.05) is 41.4 Å². The molecule has 0 bridgehead atoms. The number of hydrogen-bond acceptors (Lipinski definition) is 3. The van der Waals surface area contributed by atoms with Gasteiger partial charge in [0, 0.05) is 31.7 Å². The van der Waals surface area contributed by atoms with Crippen molar-refractivity contribution in [2.45, 2.75) is 13.8 Å². The van der Waals surface area contributed by atoms with E-state index in [9.17, 15) is 4.79 Å². The zero-order valence-electron chi connectivity index (χ0n) is 14.3. The van der Waals surface area contributed by atoms with Gasteiger partial charge in [0.1, 0.15) is 0 Å². The van der Waals surface area contributed by atoms with E-state index < -0.39 is 0 Å². The maximum Gasteiger partial charge on any atom is 0.177 e. The highest BCUT2D eigenvalue weighted by atomic mass is 35.5. The van der Waals surface area contributed by atoms with E-state index in [0.29, 0.717) is 6.54 Å². The summed E-state index contributed by atoms with van der Waals surface area (Å²) in [4.78, 5) is 17.1. The SMILES string of the molecule is Cc1ccc(C)c(C(=O)CN2CCN(c3ccccc3Cl)CC2)c1. The molecule has 2 aromatic rings. The van der Waals surface area contributed by atoms with E-state index in [1.54, 1.807) is 0 Å². The molecule has 3 nitrogen and oxygen atoms in total. The summed E-state index contributed by atoms with van der Waals surface area (Å²) in [6, 6.07) is 14.0. The maximum atomic E-state index is 12.6. The highest BCUT2D eigenvalue weighted by Gasteiger charge is 2.21. The predicted molar refractivity (Wildman–Crippen MR) is 100 cm³/mol. The monoisotopic (exact) mass is 342 g/mol. The van der Waals surface area contributed by atoms with Crippen LogP contribution in [-0.4, -0.2) is 43.4 Å². The fraction of sp³-hybridized carbons (Fsp3) is 0.350. The average Bonchev–Trinajstić information content (AvgIpc) is 2.58. The van der Waals surface area contributed by atoms with Gasteiger partial charge >= 0.3 is 0 Å². The summed E-state index contributed by atoms with van der Waals surface area (Å²) in [5, 5.41) is 0.789. The lowest BCUT2D eigenvalue weighted by Crippen LogP contribution is -2.48. The summed E-state index contributed by atoms with van der Waals surface area (Å²) in [5.74, 6) is 0.211. The van der Waals surface area contributed by atoms with Gasteiger partial charge in [-0.2, -0.15) is 0 Å². The van der Waals surface area contributed by atoms with Crippen LogP contribution in [0.3, 0.4) is 0 Å². The third kappa shape index (κ3) is 3.80. The lowest BCUT2D eigenvalue weighted by molar-refractivity contribution is 0.0925. The van der Waals surface area contributed by atoms with Crippen molar-refractivity contribution >= 4 is 23.1 Å². The molecule has 1 aliphatic heterocycles. The quantitative estimate of drug-likeness (QED) is 0.786. The summed E-state index contributed by atoms with van der Waals surface area (Å²) >= 11 is 6.28. The lowest BCUT2D eigenvalue weighted by atomic mass is 10.0. The number of nitrogens with zero attached hydrogens (tertiary/aromatic N) is 2. The minimum Gasteiger partial charge on any atom is -0.368 e. The van der Waals surface area contributed by atoms with Gasteiger partial charge in [0.2, 0.25) is 0 Å². The van der Waals surface area contributed by atoms with Gasteiger partial charge in [-0.25, -0.2) is 0 Å². The molecule has 0 amide bonds. The minimum absolute atomic E-state index is 0.211. The molecule has 0 unspecified atom stereocenters. The topological polar surface area (TPSA) is 23.6 Å². The molecule has 0 saturated carbocycles. The summed E-state index contributed by atoms with van der Waals surface area (Å²) in [6.07, 6.45) is 0. The fourth-order valence-corrected chi connectivity index (χ4v) is 3.43. The Kier molecular flexibility index (Phi) is 5.22. The number of para-hydroxylation sites is 1. The number of carbonyl (C=O) groups excluding carboxylic acids is 1. The van der Waals surface area contributed by atoms with Crippen LogP contribution in [0.15, 0.2) is 42.5 Å². The van der Waals surface area contributed by atoms with E-state index in [0.717, 1.165) is 53.6 Å². The number of Topliss-reactive ketones (excluding diaryl/α,β-unsaturated/α-hetero) is 1. The number of aryl methyl sites for hydroxylation is 2. The maximum absolute atomic E-state index is 12.6. The number of carbonyl (C=O) groups is 1. The molecule has 24 heavy (non-hydrogen) atoms. The summed E-state index contributed by atoms with van der Waals surface area (Å²) < 4.78 is 0. The molecular formula is C20H23ClN2O. The highest BCUT2D eigenvalue weighted by molar-refractivity contribution is 6.33. The normalized spacial score (nSPS) is 15.5. The minimum atomic E-state index is 0.211. The second kappa shape index (κ2) is 7.37. The fourth-order valence-electron chi connectivity index (χ4n) is 3.18. The Morgan fingerprint density at radius 2 is 1.75 bits per heavy atom. The Bertz CT molecular complexity index is 736. The van der Waals surface area contributed by atoms with Gasteiger partial charge in [0.05, 0.1) is 17.3 Å². The molecule has 3 rings (SSSR count). The number of hydrogen-bond donors (Lipinski definition) is 0. The Morgan fingerprint density at radius 1 is 1.04 bits per heavy atom. The van der Waals surface area contributed by atoms with Gasteiger partial charge in [-0.15, -0.1) is 0 Å². The first kappa shape index (κ1) is 17.0. The van der Waals surface area contributed by atoms with Crippen LogP contribution < -0.4 is 4.90 Å². The van der Waals surface area contributed by atoms with Crippen LogP contribution in [0.4, 0.5) is 5.69 Å². The van der Waals surface area contributed by atoms with Gasteiger partial charge in [-0.05, 0) is 37.6 Å². The van der Waals surface area contributed by atoms with Crippen molar-refractivity contribution in [2.75, 3.05) is 37.6 Å². The first-order valence-corrected chi connectivity index (χ1v) is 8.74. The second-order valence-electron chi connectivity index (χ2n) is 6.46. The molecule has 0 atom stereocenters. The van der Waals surface area contributed by atoms with E-state index in [1.165, 1.54) is 0 Å². The van der Waals surface area contributed by atoms with Gasteiger partial charge in [0.15, 0.2) is 5.78 Å². The largest absolute Gasteiger partial charge is 0.368 e. The molecule has 1 heterocycles. The van der Waals surface area contributed by atoms with Crippen LogP contribution >= 0.6 is 11.6 Å². The van der Waals surface area contributed by atoms with Crippen LogP contribution in [0.1, 0.15) is 21.5 Å². The second-order valence-corrected chi connectivity index (χ2v) is 6.86. The van der Waals surface area contributed by atoms with Crippen LogP contribution in [0.25, 0.3) is 0 Å². The van der Waals surface area contributed by atoms with Crippen molar-refractivity contribution in [1.29, 1.82) is 0 Å². The van der Waals surface area contributed by atoms with E-state index in [4.69, 9.17) is 11.6 Å². The smallest absolute Gasteiger partial charge is 0.177 e. The average molecular weight is 343 g/mol. The van der Waals surface area contributed by atoms with E-state index in [1.807, 2.05) is 44.2 Å². The van der Waals surface area contributed by atoms with Crippen molar-refractivity contribution in [3.8, 4) is 0 Å². The van der Waals surface area contributed by atoms with Gasteiger partial charge in [-0.3, -0.25) is 9.69 Å². The summed E-state index contributed by atoms with van der Waals surface area (Å²) in [7, 11) is 0. The standard InChI is InChI=1S/C20H23ClN2O/c1-15-7-8-16(2)17(13-15)20(24)14-22-9-11-23(12-10-22)19-6-4-3-5-18(19)21/h3-8,13H,9-12,14H2,1-2H3. The molecule has 1 saturated heterocycles. The Hall–Kier alpha value is -1.84. The Balaban J connectivity index is 1.60. The van der Waals surface area contributed by atoms with Crippen molar-refractivity contribution in [3.63, 3.8) is 0 Å². The predicted octanol–water partition coefficient (Wildman–Crippen LogP) is 3.96. The van der Waals surface area contributed by atoms with Crippen LogP contribution in [0, 0.1) is 13.8 Å². The first-order chi connectivity index (χ1) is 11.5. The summed E-state index contributed by atoms with van der Waals surface area (Å²) in [6.45, 7) is 8.05. The van der Waals surface area contributed by atoms with Crippen LogP contribution in [-0.2, 0) is 0 Å². The van der Waals surface area contributed by atoms with Crippen LogP contribution in [0.2, 0.25) is 5.02 Å². The Morgan fingerprint density at radius 3 is 2.46 bits per heavy atom. The molecule has 2 aromatic carbocycles. The molecule has 126 valence electrons. The van der Waals surface area contributed by atoms with Crippen molar-refractivity contribution in [1.82, 2.24) is 4.90 Å². The van der Waals surface area contributed by atoms with Crippen molar-refractivity contribution < 1.29 is 4.79 Å². The number of anilines is 1. The molecular weight excluding hydrogens is 320 g/mol. The molecule has 0 radical (unpaired) electrons. The number of halogens is 1. The molecule has 0 aromatic heterocycles. The number of ketones is 1. The van der Waals surface area contributed by atoms with Crippen molar-refractivity contribution in [3.05, 3.63) is 64.2 Å². The number of benzene rings is 2. The molecule has 0 aliphatic carbocycles. The van der Waals surface area contributed by atoms with Crippen molar-refractivity contribution in [2.24, 2.45) is 0 Å². The third-order valence-corrected chi connectivity index (χ3v) is 4.95. The number of piperazine rings is 1. The zero-order chi connectivity index (χ0) is 17.1. The highest BCUT2D eigenvalue weighted by Crippen LogP contribution is 2.26. The molecule has 1 fully saturated rings. The van der Waals surface area contributed by atoms with E-state index in [-0.39, 0.29) is 5.78 Å². The van der Waals surface area contributed by atoms with Gasteiger partial charge in [0.25, 0.3) is 0 Å². The van der Waals surface area contributed by atoms with Gasteiger partial charge < -0.3 is 4.90 Å². The number of rotatable bonds is 4. The lowest BCUT2D eigenvalue weighted by Gasteiger charge is -2.36. The summed E-state index contributed by atoms with van der Waals surface area (Å²) in [5.41, 5.74) is 4.12. The Labute approximate surface area is 148 Å². The molecule has 0 spiro atoms. The molecule has 4 heteroatoms. The van der Waals surface area contributed by atoms with Crippen LogP contribution in [0.5, 0.6) is 0 Å². The molecule has 1 aliphatic rings. The first-order valence-electron chi connectivity index (χ1n) is 8.37. The third-order valence-electron chi connectivity index (χ3n) is 4.63. The zero-order valence-corrected chi connectivity index (χ0v) is 15.0. The molecule has 0 N–H and O–H groups in total. The van der Waals surface area contributed by atoms with E-state index in [2.05, 4.69) is 21.9 Å².